The molecule has 1 rings (SSSR count). The van der Waals surface area contributed by atoms with Crippen LogP contribution in [0.1, 0.15) is 43.7 Å². The summed E-state index contributed by atoms with van der Waals surface area (Å²) in [6, 6.07) is 5.00. The lowest BCUT2D eigenvalue weighted by atomic mass is 10.1. The number of hydrogen-bond donors (Lipinski definition) is 0. The summed E-state index contributed by atoms with van der Waals surface area (Å²) in [6.07, 6.45) is 4.54. The van der Waals surface area contributed by atoms with E-state index in [1.807, 2.05) is 0 Å². The van der Waals surface area contributed by atoms with E-state index in [2.05, 4.69) is 18.8 Å². The molecule has 0 N–H and O–H groups in total. The van der Waals surface area contributed by atoms with Gasteiger partial charge < -0.3 is 0 Å². The Morgan fingerprint density at radius 1 is 1.27 bits per heavy atom. The second kappa shape index (κ2) is 6.24. The standard InChI is InChI=1S/C14H17F/c1-3-4-5-6-7-8-13-9-10-14(15)12(2)11-13/h9-11H,3-6H2,1-2H3. The van der Waals surface area contributed by atoms with E-state index in [4.69, 9.17) is 0 Å². The number of benzene rings is 1. The molecule has 0 fully saturated rings. The summed E-state index contributed by atoms with van der Waals surface area (Å²) in [5.41, 5.74) is 1.57. The highest BCUT2D eigenvalue weighted by Gasteiger charge is 1.95. The molecule has 0 aliphatic heterocycles. The van der Waals surface area contributed by atoms with E-state index >= 15 is 0 Å². The Hall–Kier alpha value is -1.29. The molecule has 0 heterocycles. The van der Waals surface area contributed by atoms with Crippen LogP contribution in [-0.2, 0) is 0 Å². The van der Waals surface area contributed by atoms with Gasteiger partial charge in [0.25, 0.3) is 0 Å². The Morgan fingerprint density at radius 2 is 2.07 bits per heavy atom. The maximum absolute atomic E-state index is 12.9. The molecule has 0 aliphatic rings. The Morgan fingerprint density at radius 3 is 2.73 bits per heavy atom. The highest BCUT2D eigenvalue weighted by atomic mass is 19.1. The van der Waals surface area contributed by atoms with Gasteiger partial charge in [-0.3, -0.25) is 0 Å². The summed E-state index contributed by atoms with van der Waals surface area (Å²) in [4.78, 5) is 0. The van der Waals surface area contributed by atoms with E-state index < -0.39 is 0 Å². The van der Waals surface area contributed by atoms with Crippen molar-refractivity contribution in [2.45, 2.75) is 39.5 Å². The van der Waals surface area contributed by atoms with Crippen LogP contribution in [-0.4, -0.2) is 0 Å². The molecule has 0 saturated heterocycles. The van der Waals surface area contributed by atoms with Crippen molar-refractivity contribution in [3.8, 4) is 11.8 Å². The average Bonchev–Trinajstić information content (AvgIpc) is 2.23. The summed E-state index contributed by atoms with van der Waals surface area (Å²) >= 11 is 0. The van der Waals surface area contributed by atoms with Crippen molar-refractivity contribution in [3.05, 3.63) is 35.1 Å². The lowest BCUT2D eigenvalue weighted by Gasteiger charge is -1.95. The maximum Gasteiger partial charge on any atom is 0.126 e. The third-order valence-corrected chi connectivity index (χ3v) is 2.30. The molecule has 0 radical (unpaired) electrons. The lowest BCUT2D eigenvalue weighted by molar-refractivity contribution is 0.618. The van der Waals surface area contributed by atoms with Crippen LogP contribution in [0.5, 0.6) is 0 Å². The van der Waals surface area contributed by atoms with Gasteiger partial charge in [-0.25, -0.2) is 4.39 Å². The minimum Gasteiger partial charge on any atom is -0.207 e. The number of hydrogen-bond acceptors (Lipinski definition) is 0. The van der Waals surface area contributed by atoms with Gasteiger partial charge in [0.1, 0.15) is 5.82 Å². The average molecular weight is 204 g/mol. The van der Waals surface area contributed by atoms with Crippen molar-refractivity contribution in [1.82, 2.24) is 0 Å². The number of aryl methyl sites for hydroxylation is 1. The lowest BCUT2D eigenvalue weighted by Crippen LogP contribution is -1.83. The molecular formula is C14H17F. The largest absolute Gasteiger partial charge is 0.207 e. The predicted molar refractivity (Wildman–Crippen MR) is 62.2 cm³/mol. The first-order chi connectivity index (χ1) is 7.24. The smallest absolute Gasteiger partial charge is 0.126 e. The normalized spacial score (nSPS) is 9.53. The van der Waals surface area contributed by atoms with Crippen LogP contribution in [0, 0.1) is 24.6 Å². The Labute approximate surface area is 91.5 Å². The summed E-state index contributed by atoms with van der Waals surface area (Å²) in [5.74, 6) is 6.01. The van der Waals surface area contributed by atoms with E-state index in [1.54, 1.807) is 19.1 Å². The fourth-order valence-corrected chi connectivity index (χ4v) is 1.35. The molecule has 0 unspecified atom stereocenters. The van der Waals surface area contributed by atoms with Gasteiger partial charge in [-0.15, -0.1) is 0 Å². The van der Waals surface area contributed by atoms with Crippen molar-refractivity contribution in [2.75, 3.05) is 0 Å². The van der Waals surface area contributed by atoms with Gasteiger partial charge in [0.05, 0.1) is 0 Å². The SMILES string of the molecule is CCCCCC#Cc1ccc(F)c(C)c1. The molecule has 15 heavy (non-hydrogen) atoms. The molecule has 0 amide bonds. The molecule has 0 nitrogen and oxygen atoms in total. The van der Waals surface area contributed by atoms with Crippen LogP contribution >= 0.6 is 0 Å². The molecule has 0 aromatic heterocycles. The van der Waals surface area contributed by atoms with Crippen molar-refractivity contribution in [2.24, 2.45) is 0 Å². The minimum absolute atomic E-state index is 0.161. The van der Waals surface area contributed by atoms with Crippen LogP contribution in [0.2, 0.25) is 0 Å². The first kappa shape index (κ1) is 11.8. The van der Waals surface area contributed by atoms with Crippen LogP contribution < -0.4 is 0 Å². The third kappa shape index (κ3) is 4.16. The zero-order valence-corrected chi connectivity index (χ0v) is 9.44. The van der Waals surface area contributed by atoms with Gasteiger partial charge in [-0.2, -0.15) is 0 Å². The molecular weight excluding hydrogens is 187 g/mol. The molecule has 0 bridgehead atoms. The van der Waals surface area contributed by atoms with E-state index in [1.165, 1.54) is 18.9 Å². The van der Waals surface area contributed by atoms with Crippen LogP contribution in [0.15, 0.2) is 18.2 Å². The Balaban J connectivity index is 2.53. The van der Waals surface area contributed by atoms with Crippen LogP contribution in [0.3, 0.4) is 0 Å². The monoisotopic (exact) mass is 204 g/mol. The summed E-state index contributed by atoms with van der Waals surface area (Å²) in [6.45, 7) is 3.94. The van der Waals surface area contributed by atoms with Gasteiger partial charge >= 0.3 is 0 Å². The Kier molecular flexibility index (Phi) is 4.90. The summed E-state index contributed by atoms with van der Waals surface area (Å²) < 4.78 is 12.9. The topological polar surface area (TPSA) is 0 Å². The van der Waals surface area contributed by atoms with E-state index in [0.29, 0.717) is 5.56 Å². The van der Waals surface area contributed by atoms with Crippen molar-refractivity contribution >= 4 is 0 Å². The van der Waals surface area contributed by atoms with E-state index in [9.17, 15) is 4.39 Å². The van der Waals surface area contributed by atoms with Gasteiger partial charge in [-0.05, 0) is 37.1 Å². The van der Waals surface area contributed by atoms with Gasteiger partial charge in [0.15, 0.2) is 0 Å². The maximum atomic E-state index is 12.9. The third-order valence-electron chi connectivity index (χ3n) is 2.30. The minimum atomic E-state index is -0.161. The molecule has 1 aromatic rings. The number of unbranched alkanes of at least 4 members (excludes halogenated alkanes) is 3. The quantitative estimate of drug-likeness (QED) is 0.514. The second-order valence-electron chi connectivity index (χ2n) is 3.72. The molecule has 0 saturated carbocycles. The zero-order chi connectivity index (χ0) is 11.1. The van der Waals surface area contributed by atoms with Crippen LogP contribution in [0.25, 0.3) is 0 Å². The Bertz CT molecular complexity index is 369. The van der Waals surface area contributed by atoms with Crippen molar-refractivity contribution < 1.29 is 4.39 Å². The van der Waals surface area contributed by atoms with Gasteiger partial charge in [0.2, 0.25) is 0 Å². The van der Waals surface area contributed by atoms with Crippen molar-refractivity contribution in [1.29, 1.82) is 0 Å². The van der Waals surface area contributed by atoms with Crippen LogP contribution in [0.4, 0.5) is 4.39 Å². The fourth-order valence-electron chi connectivity index (χ4n) is 1.35. The molecule has 0 aliphatic carbocycles. The highest BCUT2D eigenvalue weighted by molar-refractivity contribution is 5.37. The summed E-state index contributed by atoms with van der Waals surface area (Å²) in [7, 11) is 0. The molecule has 0 spiro atoms. The number of halogens is 1. The first-order valence-electron chi connectivity index (χ1n) is 5.49. The predicted octanol–water partition coefficient (Wildman–Crippen LogP) is 4.07. The number of rotatable bonds is 3. The van der Waals surface area contributed by atoms with Gasteiger partial charge in [0, 0.05) is 12.0 Å². The fraction of sp³-hybridized carbons (Fsp3) is 0.429. The summed E-state index contributed by atoms with van der Waals surface area (Å²) in [5, 5.41) is 0. The first-order valence-corrected chi connectivity index (χ1v) is 5.49. The zero-order valence-electron chi connectivity index (χ0n) is 9.44. The molecule has 80 valence electrons. The highest BCUT2D eigenvalue weighted by Crippen LogP contribution is 2.08. The van der Waals surface area contributed by atoms with E-state index in [-0.39, 0.29) is 5.82 Å². The molecule has 1 heteroatoms. The van der Waals surface area contributed by atoms with Gasteiger partial charge in [-0.1, -0.05) is 31.6 Å². The molecule has 1 aromatic carbocycles. The second-order valence-corrected chi connectivity index (χ2v) is 3.72. The van der Waals surface area contributed by atoms with E-state index in [0.717, 1.165) is 18.4 Å². The molecule has 0 atom stereocenters. The van der Waals surface area contributed by atoms with Crippen molar-refractivity contribution in [3.63, 3.8) is 0 Å².